The standard InChI is InChI=1S/C13H10F3NOS/c1-7-10(6-19-11(7)12(17)18)8-2-4-9(5-3-8)13(14,15)16/h2-6H,1H3,(H2,17,18). The number of hydrogen-bond donors (Lipinski definition) is 1. The summed E-state index contributed by atoms with van der Waals surface area (Å²) < 4.78 is 37.4. The molecule has 0 aliphatic heterocycles. The predicted octanol–water partition coefficient (Wildman–Crippen LogP) is 3.84. The van der Waals surface area contributed by atoms with Crippen molar-refractivity contribution in [2.24, 2.45) is 5.73 Å². The fourth-order valence-electron chi connectivity index (χ4n) is 1.78. The molecule has 1 aromatic heterocycles. The van der Waals surface area contributed by atoms with Gasteiger partial charge in [0.15, 0.2) is 0 Å². The Bertz CT molecular complexity index is 614. The van der Waals surface area contributed by atoms with E-state index >= 15 is 0 Å². The lowest BCUT2D eigenvalue weighted by atomic mass is 10.0. The number of rotatable bonds is 2. The maximum atomic E-state index is 12.5. The zero-order valence-electron chi connectivity index (χ0n) is 9.91. The molecule has 0 unspecified atom stereocenters. The topological polar surface area (TPSA) is 43.1 Å². The van der Waals surface area contributed by atoms with Crippen molar-refractivity contribution >= 4 is 17.2 Å². The number of thiophene rings is 1. The minimum atomic E-state index is -4.35. The van der Waals surface area contributed by atoms with Crippen molar-refractivity contribution in [3.8, 4) is 11.1 Å². The molecule has 0 saturated carbocycles. The fourth-order valence-corrected chi connectivity index (χ4v) is 2.73. The Morgan fingerprint density at radius 1 is 1.21 bits per heavy atom. The Kier molecular flexibility index (Phi) is 3.36. The van der Waals surface area contributed by atoms with Gasteiger partial charge in [-0.15, -0.1) is 11.3 Å². The molecule has 19 heavy (non-hydrogen) atoms. The summed E-state index contributed by atoms with van der Waals surface area (Å²) in [5.74, 6) is -0.527. The van der Waals surface area contributed by atoms with Crippen molar-refractivity contribution in [3.63, 3.8) is 0 Å². The third-order valence-corrected chi connectivity index (χ3v) is 3.88. The smallest absolute Gasteiger partial charge is 0.365 e. The molecule has 1 amide bonds. The Labute approximate surface area is 111 Å². The van der Waals surface area contributed by atoms with Crippen LogP contribution < -0.4 is 5.73 Å². The molecule has 0 bridgehead atoms. The maximum absolute atomic E-state index is 12.5. The monoisotopic (exact) mass is 285 g/mol. The predicted molar refractivity (Wildman–Crippen MR) is 68.0 cm³/mol. The van der Waals surface area contributed by atoms with E-state index < -0.39 is 17.6 Å². The molecule has 0 radical (unpaired) electrons. The van der Waals surface area contributed by atoms with Gasteiger partial charge >= 0.3 is 6.18 Å². The van der Waals surface area contributed by atoms with Crippen LogP contribution in [0.5, 0.6) is 0 Å². The lowest BCUT2D eigenvalue weighted by Crippen LogP contribution is -2.10. The van der Waals surface area contributed by atoms with Crippen LogP contribution in [-0.4, -0.2) is 5.91 Å². The number of benzene rings is 1. The molecule has 1 aromatic carbocycles. The Hall–Kier alpha value is -1.82. The van der Waals surface area contributed by atoms with Crippen LogP contribution in [0.15, 0.2) is 29.6 Å². The van der Waals surface area contributed by atoms with Gasteiger partial charge in [0.25, 0.3) is 5.91 Å². The van der Waals surface area contributed by atoms with E-state index in [-0.39, 0.29) is 0 Å². The second-order valence-electron chi connectivity index (χ2n) is 4.04. The molecule has 0 aliphatic carbocycles. The lowest BCUT2D eigenvalue weighted by molar-refractivity contribution is -0.137. The molecular weight excluding hydrogens is 275 g/mol. The first-order valence-electron chi connectivity index (χ1n) is 5.36. The molecule has 0 aliphatic rings. The van der Waals surface area contributed by atoms with Gasteiger partial charge in [0.1, 0.15) is 0 Å². The highest BCUT2D eigenvalue weighted by atomic mass is 32.1. The minimum absolute atomic E-state index is 0.426. The second kappa shape index (κ2) is 4.70. The van der Waals surface area contributed by atoms with Gasteiger partial charge in [-0.2, -0.15) is 13.2 Å². The number of alkyl halides is 3. The molecule has 100 valence electrons. The van der Waals surface area contributed by atoms with Gasteiger partial charge in [0.05, 0.1) is 10.4 Å². The largest absolute Gasteiger partial charge is 0.416 e. The summed E-state index contributed by atoms with van der Waals surface area (Å²) in [5.41, 5.74) is 6.57. The molecule has 0 spiro atoms. The number of carbonyl (C=O) groups excluding carboxylic acids is 1. The van der Waals surface area contributed by atoms with Crippen molar-refractivity contribution in [3.05, 3.63) is 45.6 Å². The molecular formula is C13H10F3NOS. The highest BCUT2D eigenvalue weighted by Gasteiger charge is 2.30. The Morgan fingerprint density at radius 2 is 1.79 bits per heavy atom. The van der Waals surface area contributed by atoms with Gasteiger partial charge in [-0.1, -0.05) is 12.1 Å². The third kappa shape index (κ3) is 2.63. The van der Waals surface area contributed by atoms with Crippen LogP contribution in [0.3, 0.4) is 0 Å². The van der Waals surface area contributed by atoms with Gasteiger partial charge in [0.2, 0.25) is 0 Å². The zero-order chi connectivity index (χ0) is 14.2. The number of nitrogens with two attached hydrogens (primary N) is 1. The van der Waals surface area contributed by atoms with E-state index in [1.165, 1.54) is 23.5 Å². The van der Waals surface area contributed by atoms with Crippen LogP contribution in [0.4, 0.5) is 13.2 Å². The van der Waals surface area contributed by atoms with Gasteiger partial charge in [0, 0.05) is 0 Å². The van der Waals surface area contributed by atoms with Crippen LogP contribution in [0.25, 0.3) is 11.1 Å². The van der Waals surface area contributed by atoms with E-state index in [0.717, 1.165) is 17.7 Å². The van der Waals surface area contributed by atoms with E-state index in [1.54, 1.807) is 12.3 Å². The second-order valence-corrected chi connectivity index (χ2v) is 4.92. The fraction of sp³-hybridized carbons (Fsp3) is 0.154. The van der Waals surface area contributed by atoms with Gasteiger partial charge in [-0.05, 0) is 41.1 Å². The normalized spacial score (nSPS) is 11.6. The first-order chi connectivity index (χ1) is 8.80. The van der Waals surface area contributed by atoms with Crippen molar-refractivity contribution in [1.82, 2.24) is 0 Å². The van der Waals surface area contributed by atoms with Gasteiger partial charge in [-0.3, -0.25) is 4.79 Å². The van der Waals surface area contributed by atoms with Gasteiger partial charge < -0.3 is 5.73 Å². The highest BCUT2D eigenvalue weighted by Crippen LogP contribution is 2.34. The molecule has 6 heteroatoms. The number of amides is 1. The minimum Gasteiger partial charge on any atom is -0.365 e. The number of halogens is 3. The molecule has 0 saturated heterocycles. The molecule has 2 N–H and O–H groups in total. The van der Waals surface area contributed by atoms with Crippen molar-refractivity contribution in [2.45, 2.75) is 13.1 Å². The summed E-state index contributed by atoms with van der Waals surface area (Å²) in [7, 11) is 0. The van der Waals surface area contributed by atoms with E-state index in [1.807, 2.05) is 0 Å². The van der Waals surface area contributed by atoms with Crippen LogP contribution in [0.1, 0.15) is 20.8 Å². The Morgan fingerprint density at radius 3 is 2.21 bits per heavy atom. The summed E-state index contributed by atoms with van der Waals surface area (Å²) in [5, 5.41) is 1.72. The molecule has 2 nitrogen and oxygen atoms in total. The van der Waals surface area contributed by atoms with E-state index in [4.69, 9.17) is 5.73 Å². The third-order valence-electron chi connectivity index (χ3n) is 2.79. The van der Waals surface area contributed by atoms with Gasteiger partial charge in [-0.25, -0.2) is 0 Å². The highest BCUT2D eigenvalue weighted by molar-refractivity contribution is 7.12. The summed E-state index contributed by atoms with van der Waals surface area (Å²) in [6, 6.07) is 4.83. The summed E-state index contributed by atoms with van der Waals surface area (Å²) >= 11 is 1.19. The van der Waals surface area contributed by atoms with Crippen molar-refractivity contribution in [2.75, 3.05) is 0 Å². The van der Waals surface area contributed by atoms with Crippen molar-refractivity contribution < 1.29 is 18.0 Å². The number of carbonyl (C=O) groups is 1. The molecule has 2 rings (SSSR count). The molecule has 1 heterocycles. The summed E-state index contributed by atoms with van der Waals surface area (Å²) in [6.45, 7) is 1.73. The van der Waals surface area contributed by atoms with E-state index in [9.17, 15) is 18.0 Å². The van der Waals surface area contributed by atoms with E-state index in [0.29, 0.717) is 16.0 Å². The average molecular weight is 285 g/mol. The maximum Gasteiger partial charge on any atom is 0.416 e. The molecule has 0 fully saturated rings. The Balaban J connectivity index is 2.41. The number of primary amides is 1. The SMILES string of the molecule is Cc1c(-c2ccc(C(F)(F)F)cc2)csc1C(N)=O. The average Bonchev–Trinajstić information content (AvgIpc) is 2.70. The van der Waals surface area contributed by atoms with Crippen LogP contribution >= 0.6 is 11.3 Å². The summed E-state index contributed by atoms with van der Waals surface area (Å²) in [6.07, 6.45) is -4.35. The van der Waals surface area contributed by atoms with E-state index in [2.05, 4.69) is 0 Å². The zero-order valence-corrected chi connectivity index (χ0v) is 10.7. The van der Waals surface area contributed by atoms with Crippen LogP contribution in [-0.2, 0) is 6.18 Å². The lowest BCUT2D eigenvalue weighted by Gasteiger charge is -2.07. The first-order valence-corrected chi connectivity index (χ1v) is 6.24. The molecule has 0 atom stereocenters. The molecule has 2 aromatic rings. The number of hydrogen-bond acceptors (Lipinski definition) is 2. The van der Waals surface area contributed by atoms with Crippen LogP contribution in [0.2, 0.25) is 0 Å². The van der Waals surface area contributed by atoms with Crippen LogP contribution in [0, 0.1) is 6.92 Å². The summed E-state index contributed by atoms with van der Waals surface area (Å²) in [4.78, 5) is 11.6. The quantitative estimate of drug-likeness (QED) is 0.895. The first kappa shape index (κ1) is 13.6. The van der Waals surface area contributed by atoms with Crippen molar-refractivity contribution in [1.29, 1.82) is 0 Å².